The predicted octanol–water partition coefficient (Wildman–Crippen LogP) is 3.82. The molecule has 28 heavy (non-hydrogen) atoms. The Hall–Kier alpha value is -3.20. The fourth-order valence-corrected chi connectivity index (χ4v) is 3.25. The Morgan fingerprint density at radius 2 is 1.82 bits per heavy atom. The molecule has 0 aromatic heterocycles. The van der Waals surface area contributed by atoms with E-state index in [-0.39, 0.29) is 17.9 Å². The monoisotopic (exact) mass is 446 g/mol. The summed E-state index contributed by atoms with van der Waals surface area (Å²) in [6.07, 6.45) is 0. The molecule has 0 radical (unpaired) electrons. The zero-order valence-corrected chi connectivity index (χ0v) is 16.3. The number of carbonyl (C=O) groups is 2. The number of nitro groups is 1. The largest absolute Gasteiger partial charge is 0.503 e. The number of nitro benzene ring substituents is 1. The van der Waals surface area contributed by atoms with Crippen LogP contribution in [0.4, 0.5) is 11.4 Å². The van der Waals surface area contributed by atoms with Gasteiger partial charge in [-0.05, 0) is 36.8 Å². The Kier molecular flexibility index (Phi) is 5.46. The molecule has 0 bridgehead atoms. The molecular weight excluding hydrogens is 432 g/mol. The summed E-state index contributed by atoms with van der Waals surface area (Å²) >= 11 is 3.33. The zero-order valence-electron chi connectivity index (χ0n) is 14.7. The molecule has 144 valence electrons. The van der Waals surface area contributed by atoms with Crippen LogP contribution < -0.4 is 4.90 Å². The lowest BCUT2D eigenvalue weighted by atomic mass is 9.99. The van der Waals surface area contributed by atoms with Gasteiger partial charge in [0.1, 0.15) is 5.57 Å². The van der Waals surface area contributed by atoms with E-state index in [0.717, 1.165) is 4.47 Å². The number of halogens is 1. The van der Waals surface area contributed by atoms with Crippen molar-refractivity contribution in [1.29, 1.82) is 0 Å². The first-order chi connectivity index (χ1) is 13.3. The number of amides is 1. The molecule has 0 aliphatic carbocycles. The van der Waals surface area contributed by atoms with Crippen molar-refractivity contribution in [3.63, 3.8) is 0 Å². The van der Waals surface area contributed by atoms with E-state index in [9.17, 15) is 24.8 Å². The van der Waals surface area contributed by atoms with Gasteiger partial charge in [-0.15, -0.1) is 0 Å². The first-order valence-electron chi connectivity index (χ1n) is 8.28. The van der Waals surface area contributed by atoms with Gasteiger partial charge in [0, 0.05) is 22.3 Å². The van der Waals surface area contributed by atoms with Crippen molar-refractivity contribution < 1.29 is 24.4 Å². The highest BCUT2D eigenvalue weighted by Gasteiger charge is 2.45. The molecule has 0 saturated carbocycles. The highest BCUT2D eigenvalue weighted by Crippen LogP contribution is 2.41. The summed E-state index contributed by atoms with van der Waals surface area (Å²) in [6, 6.07) is 11.3. The number of nitrogens with zero attached hydrogens (tertiary/aromatic N) is 2. The number of aliphatic hydroxyl groups is 1. The quantitative estimate of drug-likeness (QED) is 0.424. The van der Waals surface area contributed by atoms with E-state index in [1.165, 1.54) is 29.2 Å². The third-order valence-corrected chi connectivity index (χ3v) is 4.76. The minimum Gasteiger partial charge on any atom is -0.503 e. The predicted molar refractivity (Wildman–Crippen MR) is 104 cm³/mol. The second kappa shape index (κ2) is 7.81. The minimum absolute atomic E-state index is 0.0778. The van der Waals surface area contributed by atoms with Crippen molar-refractivity contribution in [3.8, 4) is 0 Å². The van der Waals surface area contributed by atoms with E-state index >= 15 is 0 Å². The molecule has 2 aromatic carbocycles. The second-order valence-corrected chi connectivity index (χ2v) is 6.80. The lowest BCUT2D eigenvalue weighted by Gasteiger charge is -2.26. The molecular formula is C19H15BrN2O6. The lowest BCUT2D eigenvalue weighted by Crippen LogP contribution is -2.31. The number of benzene rings is 2. The molecule has 1 amide bonds. The molecule has 0 unspecified atom stereocenters. The number of hydrogen-bond donors (Lipinski definition) is 1. The van der Waals surface area contributed by atoms with Crippen LogP contribution in [0.15, 0.2) is 64.3 Å². The van der Waals surface area contributed by atoms with E-state index < -0.39 is 28.6 Å². The summed E-state index contributed by atoms with van der Waals surface area (Å²) in [6.45, 7) is 1.70. The molecule has 2 aromatic rings. The average molecular weight is 447 g/mol. The van der Waals surface area contributed by atoms with Crippen LogP contribution in [0.3, 0.4) is 0 Å². The summed E-state index contributed by atoms with van der Waals surface area (Å²) in [5.41, 5.74) is 0.558. The maximum absolute atomic E-state index is 12.8. The molecule has 1 aliphatic heterocycles. The van der Waals surface area contributed by atoms with Gasteiger partial charge in [0.25, 0.3) is 11.6 Å². The Labute approximate surface area is 168 Å². The first-order valence-corrected chi connectivity index (χ1v) is 9.08. The smallest absolute Gasteiger partial charge is 0.340 e. The van der Waals surface area contributed by atoms with Crippen LogP contribution >= 0.6 is 15.9 Å². The zero-order chi connectivity index (χ0) is 20.4. The summed E-state index contributed by atoms with van der Waals surface area (Å²) in [5, 5.41) is 21.3. The van der Waals surface area contributed by atoms with Crippen LogP contribution in [-0.4, -0.2) is 28.5 Å². The number of aliphatic hydroxyl groups excluding tert-OH is 1. The van der Waals surface area contributed by atoms with E-state index in [1.807, 2.05) is 0 Å². The fraction of sp³-hybridized carbons (Fsp3) is 0.158. The van der Waals surface area contributed by atoms with Crippen molar-refractivity contribution in [2.45, 2.75) is 13.0 Å². The van der Waals surface area contributed by atoms with Crippen LogP contribution in [0.2, 0.25) is 0 Å². The van der Waals surface area contributed by atoms with Crippen LogP contribution in [0.1, 0.15) is 18.5 Å². The number of ether oxygens (including phenoxy) is 1. The van der Waals surface area contributed by atoms with Gasteiger partial charge in [0.15, 0.2) is 5.76 Å². The Bertz CT molecular complexity index is 969. The molecule has 8 nitrogen and oxygen atoms in total. The van der Waals surface area contributed by atoms with Crippen LogP contribution in [0, 0.1) is 10.1 Å². The number of rotatable bonds is 5. The molecule has 0 spiro atoms. The molecule has 0 fully saturated rings. The molecule has 1 atom stereocenters. The van der Waals surface area contributed by atoms with Crippen molar-refractivity contribution in [1.82, 2.24) is 0 Å². The van der Waals surface area contributed by atoms with Gasteiger partial charge < -0.3 is 9.84 Å². The van der Waals surface area contributed by atoms with E-state index in [1.54, 1.807) is 31.2 Å². The third kappa shape index (κ3) is 3.48. The Morgan fingerprint density at radius 3 is 2.36 bits per heavy atom. The van der Waals surface area contributed by atoms with Gasteiger partial charge in [-0.25, -0.2) is 4.79 Å². The maximum atomic E-state index is 12.8. The van der Waals surface area contributed by atoms with E-state index in [2.05, 4.69) is 15.9 Å². The Balaban J connectivity index is 2.12. The van der Waals surface area contributed by atoms with Gasteiger partial charge in [0.2, 0.25) is 0 Å². The summed E-state index contributed by atoms with van der Waals surface area (Å²) in [7, 11) is 0. The number of esters is 1. The van der Waals surface area contributed by atoms with Crippen molar-refractivity contribution in [2.24, 2.45) is 0 Å². The number of hydrogen-bond acceptors (Lipinski definition) is 6. The standard InChI is InChI=1S/C19H15BrN2O6/c1-2-28-19(25)15-16(11-3-5-12(20)6-4-11)21(18(24)17(15)23)13-7-9-14(10-8-13)22(26)27/h3-10,16,23H,2H2,1H3/t16-/m0/s1. The number of anilines is 1. The molecule has 1 aliphatic rings. The van der Waals surface area contributed by atoms with E-state index in [4.69, 9.17) is 4.74 Å². The topological polar surface area (TPSA) is 110 Å². The number of carbonyl (C=O) groups excluding carboxylic acids is 2. The first kappa shape index (κ1) is 19.6. The average Bonchev–Trinajstić information content (AvgIpc) is 2.94. The fourth-order valence-electron chi connectivity index (χ4n) is 2.98. The normalized spacial score (nSPS) is 16.4. The van der Waals surface area contributed by atoms with E-state index in [0.29, 0.717) is 11.3 Å². The summed E-state index contributed by atoms with van der Waals surface area (Å²) in [5.74, 6) is -2.29. The van der Waals surface area contributed by atoms with Crippen molar-refractivity contribution in [3.05, 3.63) is 80.0 Å². The number of non-ortho nitro benzene ring substituents is 1. The van der Waals surface area contributed by atoms with Gasteiger partial charge in [-0.3, -0.25) is 19.8 Å². The van der Waals surface area contributed by atoms with Gasteiger partial charge in [-0.1, -0.05) is 28.1 Å². The SMILES string of the molecule is CCOC(=O)C1=C(O)C(=O)N(c2ccc([N+](=O)[O-])cc2)[C@H]1c1ccc(Br)cc1. The third-order valence-electron chi connectivity index (χ3n) is 4.23. The Morgan fingerprint density at radius 1 is 1.21 bits per heavy atom. The molecule has 0 saturated heterocycles. The van der Waals surface area contributed by atoms with Crippen LogP contribution in [-0.2, 0) is 14.3 Å². The molecule has 3 rings (SSSR count). The molecule has 1 N–H and O–H groups in total. The maximum Gasteiger partial charge on any atom is 0.340 e. The highest BCUT2D eigenvalue weighted by molar-refractivity contribution is 9.10. The second-order valence-electron chi connectivity index (χ2n) is 5.89. The minimum atomic E-state index is -0.930. The van der Waals surface area contributed by atoms with Crippen LogP contribution in [0.25, 0.3) is 0 Å². The van der Waals surface area contributed by atoms with Gasteiger partial charge in [0.05, 0.1) is 17.6 Å². The molecule has 1 heterocycles. The van der Waals surface area contributed by atoms with Crippen LogP contribution in [0.5, 0.6) is 0 Å². The summed E-state index contributed by atoms with van der Waals surface area (Å²) < 4.78 is 5.82. The van der Waals surface area contributed by atoms with Crippen molar-refractivity contribution in [2.75, 3.05) is 11.5 Å². The molecule has 9 heteroatoms. The van der Waals surface area contributed by atoms with Gasteiger partial charge >= 0.3 is 5.97 Å². The van der Waals surface area contributed by atoms with Crippen molar-refractivity contribution >= 4 is 39.2 Å². The summed E-state index contributed by atoms with van der Waals surface area (Å²) in [4.78, 5) is 36.8. The highest BCUT2D eigenvalue weighted by atomic mass is 79.9. The lowest BCUT2D eigenvalue weighted by molar-refractivity contribution is -0.384. The van der Waals surface area contributed by atoms with Gasteiger partial charge in [-0.2, -0.15) is 0 Å².